The molecule has 5 heteroatoms. The van der Waals surface area contributed by atoms with Crippen molar-refractivity contribution in [3.63, 3.8) is 0 Å². The Kier molecular flexibility index (Phi) is 3.41. The fraction of sp³-hybridized carbons (Fsp3) is 0.778. The van der Waals surface area contributed by atoms with Gasteiger partial charge in [-0.3, -0.25) is 0 Å². The zero-order valence-electron chi connectivity index (χ0n) is 8.27. The second-order valence-electron chi connectivity index (χ2n) is 3.75. The van der Waals surface area contributed by atoms with E-state index in [1.165, 1.54) is 19.3 Å². The van der Waals surface area contributed by atoms with E-state index < -0.39 is 0 Å². The number of hydrogen-bond acceptors (Lipinski definition) is 5. The Bertz CT molecular complexity index is 300. The van der Waals surface area contributed by atoms with Gasteiger partial charge in [-0.15, -0.1) is 10.2 Å². The lowest BCUT2D eigenvalue weighted by Crippen LogP contribution is -2.29. The van der Waals surface area contributed by atoms with Crippen molar-refractivity contribution >= 4 is 23.1 Å². The van der Waals surface area contributed by atoms with Crippen molar-refractivity contribution in [1.82, 2.24) is 10.2 Å². The van der Waals surface area contributed by atoms with Gasteiger partial charge in [0.05, 0.1) is 0 Å². The van der Waals surface area contributed by atoms with Crippen LogP contribution in [-0.2, 0) is 0 Å². The lowest BCUT2D eigenvalue weighted by atomic mass is 9.96. The minimum atomic E-state index is 0.398. The van der Waals surface area contributed by atoms with Gasteiger partial charge in [0.1, 0.15) is 5.01 Å². The predicted octanol–water partition coefficient (Wildman–Crippen LogP) is 2.21. The molecule has 0 spiro atoms. The van der Waals surface area contributed by atoms with Gasteiger partial charge in [0.2, 0.25) is 0 Å². The van der Waals surface area contributed by atoms with Gasteiger partial charge in [-0.05, 0) is 26.2 Å². The predicted molar refractivity (Wildman–Crippen MR) is 60.7 cm³/mol. The van der Waals surface area contributed by atoms with Gasteiger partial charge in [0.25, 0.3) is 0 Å². The first-order valence-corrected chi connectivity index (χ1v) is 6.66. The Labute approximate surface area is 92.5 Å². The van der Waals surface area contributed by atoms with Crippen LogP contribution in [0.15, 0.2) is 4.34 Å². The van der Waals surface area contributed by atoms with E-state index in [2.05, 4.69) is 10.2 Å². The Hall–Kier alpha value is -0.130. The molecule has 1 aromatic rings. The number of thioether (sulfide) groups is 1. The number of rotatable bonds is 2. The Morgan fingerprint density at radius 2 is 2.29 bits per heavy atom. The molecule has 3 nitrogen and oxygen atoms in total. The van der Waals surface area contributed by atoms with E-state index in [-0.39, 0.29) is 0 Å². The summed E-state index contributed by atoms with van der Waals surface area (Å²) in [5, 5.41) is 9.85. The third-order valence-corrected chi connectivity index (χ3v) is 4.66. The first-order chi connectivity index (χ1) is 6.74. The normalized spacial score (nSPS) is 27.9. The summed E-state index contributed by atoms with van der Waals surface area (Å²) in [5.41, 5.74) is 5.94. The summed E-state index contributed by atoms with van der Waals surface area (Å²) in [6.45, 7) is 1.99. The lowest BCUT2D eigenvalue weighted by molar-refractivity contribution is 0.451. The molecule has 1 aromatic heterocycles. The zero-order valence-corrected chi connectivity index (χ0v) is 9.90. The topological polar surface area (TPSA) is 51.8 Å². The smallest absolute Gasteiger partial charge is 0.174 e. The molecule has 0 aliphatic heterocycles. The Balaban J connectivity index is 1.90. The number of aryl methyl sites for hydroxylation is 1. The largest absolute Gasteiger partial charge is 0.328 e. The quantitative estimate of drug-likeness (QED) is 0.844. The highest BCUT2D eigenvalue weighted by molar-refractivity contribution is 8.01. The molecule has 1 saturated carbocycles. The molecule has 1 aliphatic rings. The standard InChI is InChI=1S/C9H15N3S2/c1-6-11-12-9(13-6)14-8-4-2-3-7(10)5-8/h7-8H,2-5,10H2,1H3. The van der Waals surface area contributed by atoms with E-state index in [0.29, 0.717) is 11.3 Å². The summed E-state index contributed by atoms with van der Waals surface area (Å²) < 4.78 is 1.10. The minimum absolute atomic E-state index is 0.398. The summed E-state index contributed by atoms with van der Waals surface area (Å²) in [4.78, 5) is 0. The van der Waals surface area contributed by atoms with Crippen LogP contribution in [0.1, 0.15) is 30.7 Å². The second-order valence-corrected chi connectivity index (χ2v) is 6.48. The van der Waals surface area contributed by atoms with Gasteiger partial charge in [-0.1, -0.05) is 29.5 Å². The van der Waals surface area contributed by atoms with Crippen molar-refractivity contribution in [3.8, 4) is 0 Å². The van der Waals surface area contributed by atoms with Crippen molar-refractivity contribution in [3.05, 3.63) is 5.01 Å². The molecule has 1 heterocycles. The van der Waals surface area contributed by atoms with Crippen LogP contribution in [0.4, 0.5) is 0 Å². The number of nitrogens with zero attached hydrogens (tertiary/aromatic N) is 2. The molecule has 0 radical (unpaired) electrons. The van der Waals surface area contributed by atoms with Gasteiger partial charge in [-0.25, -0.2) is 0 Å². The van der Waals surface area contributed by atoms with E-state index in [9.17, 15) is 0 Å². The monoisotopic (exact) mass is 229 g/mol. The van der Waals surface area contributed by atoms with Crippen LogP contribution in [0.2, 0.25) is 0 Å². The molecule has 2 rings (SSSR count). The molecule has 2 atom stereocenters. The summed E-state index contributed by atoms with van der Waals surface area (Å²) in [6.07, 6.45) is 4.85. The third-order valence-electron chi connectivity index (χ3n) is 2.44. The van der Waals surface area contributed by atoms with Crippen molar-refractivity contribution in [2.24, 2.45) is 5.73 Å². The summed E-state index contributed by atoms with van der Waals surface area (Å²) in [5.74, 6) is 0. The first-order valence-electron chi connectivity index (χ1n) is 4.96. The van der Waals surface area contributed by atoms with Gasteiger partial charge in [0, 0.05) is 11.3 Å². The van der Waals surface area contributed by atoms with Crippen LogP contribution in [0.25, 0.3) is 0 Å². The molecule has 0 aromatic carbocycles. The molecule has 1 fully saturated rings. The molecule has 2 N–H and O–H groups in total. The van der Waals surface area contributed by atoms with Gasteiger partial charge < -0.3 is 5.73 Å². The second kappa shape index (κ2) is 4.59. The number of hydrogen-bond donors (Lipinski definition) is 1. The molecular weight excluding hydrogens is 214 g/mol. The maximum Gasteiger partial charge on any atom is 0.174 e. The van der Waals surface area contributed by atoms with Crippen molar-refractivity contribution < 1.29 is 0 Å². The number of nitrogens with two attached hydrogens (primary N) is 1. The highest BCUT2D eigenvalue weighted by Gasteiger charge is 2.21. The molecule has 2 unspecified atom stereocenters. The lowest BCUT2D eigenvalue weighted by Gasteiger charge is -2.24. The minimum Gasteiger partial charge on any atom is -0.328 e. The van der Waals surface area contributed by atoms with Crippen LogP contribution >= 0.6 is 23.1 Å². The molecule has 0 saturated heterocycles. The first kappa shape index (κ1) is 10.4. The number of aromatic nitrogens is 2. The molecular formula is C9H15N3S2. The van der Waals surface area contributed by atoms with E-state index in [4.69, 9.17) is 5.73 Å². The molecule has 0 bridgehead atoms. The molecule has 78 valence electrons. The fourth-order valence-corrected chi connectivity index (χ4v) is 4.14. The fourth-order valence-electron chi connectivity index (χ4n) is 1.76. The van der Waals surface area contributed by atoms with E-state index in [1.807, 2.05) is 18.7 Å². The molecule has 1 aliphatic carbocycles. The molecule has 14 heavy (non-hydrogen) atoms. The summed E-state index contributed by atoms with van der Waals surface area (Å²) in [7, 11) is 0. The van der Waals surface area contributed by atoms with Gasteiger partial charge in [0.15, 0.2) is 4.34 Å². The van der Waals surface area contributed by atoms with Crippen LogP contribution < -0.4 is 5.73 Å². The average Bonchev–Trinajstić information content (AvgIpc) is 2.51. The van der Waals surface area contributed by atoms with E-state index >= 15 is 0 Å². The van der Waals surface area contributed by atoms with Crippen LogP contribution in [-0.4, -0.2) is 21.5 Å². The van der Waals surface area contributed by atoms with E-state index in [1.54, 1.807) is 11.3 Å². The maximum absolute atomic E-state index is 5.94. The van der Waals surface area contributed by atoms with Crippen molar-refractivity contribution in [2.45, 2.75) is 48.2 Å². The highest BCUT2D eigenvalue weighted by atomic mass is 32.2. The zero-order chi connectivity index (χ0) is 9.97. The van der Waals surface area contributed by atoms with Crippen LogP contribution in [0.3, 0.4) is 0 Å². The van der Waals surface area contributed by atoms with Gasteiger partial charge >= 0.3 is 0 Å². The third kappa shape index (κ3) is 2.68. The van der Waals surface area contributed by atoms with E-state index in [0.717, 1.165) is 15.8 Å². The maximum atomic E-state index is 5.94. The summed E-state index contributed by atoms with van der Waals surface area (Å²) >= 11 is 3.54. The Morgan fingerprint density at radius 3 is 2.93 bits per heavy atom. The van der Waals surface area contributed by atoms with Crippen molar-refractivity contribution in [2.75, 3.05) is 0 Å². The Morgan fingerprint density at radius 1 is 1.43 bits per heavy atom. The van der Waals surface area contributed by atoms with Crippen LogP contribution in [0.5, 0.6) is 0 Å². The van der Waals surface area contributed by atoms with Crippen LogP contribution in [0, 0.1) is 6.92 Å². The molecule has 0 amide bonds. The highest BCUT2D eigenvalue weighted by Crippen LogP contribution is 2.34. The SMILES string of the molecule is Cc1nnc(SC2CCCC(N)C2)s1. The van der Waals surface area contributed by atoms with Gasteiger partial charge in [-0.2, -0.15) is 0 Å². The average molecular weight is 229 g/mol. The summed E-state index contributed by atoms with van der Waals surface area (Å²) in [6, 6.07) is 0.398. The van der Waals surface area contributed by atoms with Crippen molar-refractivity contribution in [1.29, 1.82) is 0 Å².